The fourth-order valence-corrected chi connectivity index (χ4v) is 2.17. The van der Waals surface area contributed by atoms with Gasteiger partial charge >= 0.3 is 0 Å². The molecule has 0 atom stereocenters. The minimum absolute atomic E-state index is 0.731. The van der Waals surface area contributed by atoms with Gasteiger partial charge in [0, 0.05) is 5.56 Å². The minimum atomic E-state index is 0.731. The SMILES string of the molecule is CC#Cc1ccc(-c2ccc(C#N)c(C)c2)c(C)c1. The quantitative estimate of drug-likeness (QED) is 0.690. The van der Waals surface area contributed by atoms with Gasteiger partial charge in [0.2, 0.25) is 0 Å². The van der Waals surface area contributed by atoms with Crippen molar-refractivity contribution in [2.45, 2.75) is 20.8 Å². The predicted molar refractivity (Wildman–Crippen MR) is 78.6 cm³/mol. The zero-order chi connectivity index (χ0) is 13.8. The van der Waals surface area contributed by atoms with E-state index in [9.17, 15) is 0 Å². The van der Waals surface area contributed by atoms with E-state index in [1.54, 1.807) is 0 Å². The molecule has 0 spiro atoms. The average Bonchev–Trinajstić information content (AvgIpc) is 2.39. The summed E-state index contributed by atoms with van der Waals surface area (Å²) in [6.07, 6.45) is 0. The van der Waals surface area contributed by atoms with Gasteiger partial charge in [0.25, 0.3) is 0 Å². The van der Waals surface area contributed by atoms with Gasteiger partial charge in [0.15, 0.2) is 0 Å². The largest absolute Gasteiger partial charge is 0.192 e. The van der Waals surface area contributed by atoms with Crippen LogP contribution >= 0.6 is 0 Å². The molecule has 0 saturated carbocycles. The van der Waals surface area contributed by atoms with E-state index in [0.29, 0.717) is 0 Å². The summed E-state index contributed by atoms with van der Waals surface area (Å²) in [6.45, 7) is 5.89. The molecule has 0 aliphatic rings. The molecule has 19 heavy (non-hydrogen) atoms. The number of hydrogen-bond donors (Lipinski definition) is 0. The molecule has 0 aliphatic heterocycles. The minimum Gasteiger partial charge on any atom is -0.192 e. The highest BCUT2D eigenvalue weighted by Gasteiger charge is 2.05. The Kier molecular flexibility index (Phi) is 3.69. The molecule has 2 aromatic rings. The molecule has 2 rings (SSSR count). The highest BCUT2D eigenvalue weighted by molar-refractivity contribution is 5.70. The van der Waals surface area contributed by atoms with Crippen LogP contribution in [0.2, 0.25) is 0 Å². The molecule has 0 aromatic heterocycles. The predicted octanol–water partition coefficient (Wildman–Crippen LogP) is 4.21. The Morgan fingerprint density at radius 3 is 2.32 bits per heavy atom. The first-order valence-electron chi connectivity index (χ1n) is 6.20. The van der Waals surface area contributed by atoms with Crippen LogP contribution in [-0.2, 0) is 0 Å². The van der Waals surface area contributed by atoms with Crippen molar-refractivity contribution in [3.05, 3.63) is 58.7 Å². The summed E-state index contributed by atoms with van der Waals surface area (Å²) < 4.78 is 0. The van der Waals surface area contributed by atoms with Crippen LogP contribution in [0.3, 0.4) is 0 Å². The van der Waals surface area contributed by atoms with E-state index < -0.39 is 0 Å². The first-order chi connectivity index (χ1) is 9.15. The number of rotatable bonds is 1. The second-order valence-corrected chi connectivity index (χ2v) is 4.55. The van der Waals surface area contributed by atoms with E-state index >= 15 is 0 Å². The Balaban J connectivity index is 2.50. The monoisotopic (exact) mass is 245 g/mol. The molecule has 0 heterocycles. The first-order valence-corrected chi connectivity index (χ1v) is 6.20. The molecule has 0 aliphatic carbocycles. The normalized spacial score (nSPS) is 9.37. The highest BCUT2D eigenvalue weighted by Crippen LogP contribution is 2.26. The summed E-state index contributed by atoms with van der Waals surface area (Å²) in [5, 5.41) is 8.96. The van der Waals surface area contributed by atoms with Crippen molar-refractivity contribution in [3.63, 3.8) is 0 Å². The number of nitriles is 1. The third kappa shape index (κ3) is 2.67. The Hall–Kier alpha value is -2.51. The standard InChI is InChI=1S/C18H15N/c1-4-5-15-6-9-18(14(3)10-15)16-7-8-17(12-19)13(2)11-16/h6-11H,1-3H3. The van der Waals surface area contributed by atoms with E-state index in [4.69, 9.17) is 5.26 Å². The summed E-state index contributed by atoms with van der Waals surface area (Å²) in [7, 11) is 0. The van der Waals surface area contributed by atoms with Gasteiger partial charge in [-0.1, -0.05) is 24.1 Å². The summed E-state index contributed by atoms with van der Waals surface area (Å²) in [4.78, 5) is 0. The molecule has 1 heteroatoms. The topological polar surface area (TPSA) is 23.8 Å². The van der Waals surface area contributed by atoms with Gasteiger partial charge in [-0.3, -0.25) is 0 Å². The van der Waals surface area contributed by atoms with Crippen LogP contribution < -0.4 is 0 Å². The molecule has 0 unspecified atom stereocenters. The lowest BCUT2D eigenvalue weighted by atomic mass is 9.96. The zero-order valence-corrected chi connectivity index (χ0v) is 11.4. The molecule has 0 radical (unpaired) electrons. The Morgan fingerprint density at radius 2 is 1.74 bits per heavy atom. The molecule has 1 nitrogen and oxygen atoms in total. The van der Waals surface area contributed by atoms with Crippen LogP contribution in [0.4, 0.5) is 0 Å². The lowest BCUT2D eigenvalue weighted by Crippen LogP contribution is -1.88. The Morgan fingerprint density at radius 1 is 0.947 bits per heavy atom. The van der Waals surface area contributed by atoms with Gasteiger partial charge in [-0.2, -0.15) is 5.26 Å². The van der Waals surface area contributed by atoms with Crippen LogP contribution in [-0.4, -0.2) is 0 Å². The molecule has 2 aromatic carbocycles. The molecule has 0 bridgehead atoms. The Bertz CT molecular complexity index is 722. The van der Waals surface area contributed by atoms with Crippen molar-refractivity contribution in [2.24, 2.45) is 0 Å². The van der Waals surface area contributed by atoms with E-state index in [-0.39, 0.29) is 0 Å². The van der Waals surface area contributed by atoms with Gasteiger partial charge in [-0.15, -0.1) is 5.92 Å². The molecule has 0 saturated heterocycles. The summed E-state index contributed by atoms with van der Waals surface area (Å²) in [5.41, 5.74) is 6.31. The van der Waals surface area contributed by atoms with Crippen molar-refractivity contribution < 1.29 is 0 Å². The fraction of sp³-hybridized carbons (Fsp3) is 0.167. The van der Waals surface area contributed by atoms with E-state index in [1.807, 2.05) is 32.0 Å². The average molecular weight is 245 g/mol. The number of hydrogen-bond acceptors (Lipinski definition) is 1. The van der Waals surface area contributed by atoms with Crippen molar-refractivity contribution in [3.8, 4) is 29.0 Å². The van der Waals surface area contributed by atoms with E-state index in [1.165, 1.54) is 11.1 Å². The van der Waals surface area contributed by atoms with Gasteiger partial charge in [-0.25, -0.2) is 0 Å². The third-order valence-corrected chi connectivity index (χ3v) is 3.15. The number of benzene rings is 2. The van der Waals surface area contributed by atoms with Crippen LogP contribution in [0.25, 0.3) is 11.1 Å². The van der Waals surface area contributed by atoms with Crippen molar-refractivity contribution >= 4 is 0 Å². The van der Waals surface area contributed by atoms with Gasteiger partial charge < -0.3 is 0 Å². The van der Waals surface area contributed by atoms with Crippen LogP contribution in [0.5, 0.6) is 0 Å². The van der Waals surface area contributed by atoms with E-state index in [2.05, 4.69) is 43.0 Å². The van der Waals surface area contributed by atoms with Crippen molar-refractivity contribution in [1.82, 2.24) is 0 Å². The lowest BCUT2D eigenvalue weighted by molar-refractivity contribution is 1.38. The number of aryl methyl sites for hydroxylation is 2. The molecule has 92 valence electrons. The van der Waals surface area contributed by atoms with Crippen LogP contribution in [0, 0.1) is 37.0 Å². The maximum atomic E-state index is 8.96. The fourth-order valence-electron chi connectivity index (χ4n) is 2.17. The second-order valence-electron chi connectivity index (χ2n) is 4.55. The van der Waals surface area contributed by atoms with Crippen LogP contribution in [0.1, 0.15) is 29.2 Å². The van der Waals surface area contributed by atoms with Crippen LogP contribution in [0.15, 0.2) is 36.4 Å². The van der Waals surface area contributed by atoms with Crippen molar-refractivity contribution in [2.75, 3.05) is 0 Å². The first kappa shape index (κ1) is 12.9. The zero-order valence-electron chi connectivity index (χ0n) is 11.4. The van der Waals surface area contributed by atoms with Gasteiger partial charge in [0.05, 0.1) is 11.6 Å². The molecule has 0 N–H and O–H groups in total. The maximum absolute atomic E-state index is 8.96. The summed E-state index contributed by atoms with van der Waals surface area (Å²) >= 11 is 0. The second kappa shape index (κ2) is 5.42. The summed E-state index contributed by atoms with van der Waals surface area (Å²) in [5.74, 6) is 5.97. The van der Waals surface area contributed by atoms with E-state index in [0.717, 1.165) is 22.3 Å². The molecular formula is C18H15N. The molecule has 0 amide bonds. The third-order valence-electron chi connectivity index (χ3n) is 3.15. The highest BCUT2D eigenvalue weighted by atomic mass is 14.2. The Labute approximate surface area is 114 Å². The molecule has 0 fully saturated rings. The smallest absolute Gasteiger partial charge is 0.0994 e. The van der Waals surface area contributed by atoms with Gasteiger partial charge in [0.1, 0.15) is 0 Å². The number of nitrogens with zero attached hydrogens (tertiary/aromatic N) is 1. The maximum Gasteiger partial charge on any atom is 0.0994 e. The van der Waals surface area contributed by atoms with Crippen molar-refractivity contribution in [1.29, 1.82) is 5.26 Å². The summed E-state index contributed by atoms with van der Waals surface area (Å²) in [6, 6.07) is 14.4. The van der Waals surface area contributed by atoms with Gasteiger partial charge in [-0.05, 0) is 61.2 Å². The molecular weight excluding hydrogens is 230 g/mol. The lowest BCUT2D eigenvalue weighted by Gasteiger charge is -2.08.